The van der Waals surface area contributed by atoms with Gasteiger partial charge in [0.05, 0.1) is 0 Å². The minimum absolute atomic E-state index is 0.288. The smallest absolute Gasteiger partial charge is 0.307 e. The van der Waals surface area contributed by atoms with Crippen LogP contribution in [0.15, 0.2) is 30.3 Å². The van der Waals surface area contributed by atoms with Crippen LogP contribution in [0.4, 0.5) is 15.6 Å². The molecule has 1 N–H and O–H groups in total. The molecule has 2 aromatic rings. The predicted octanol–water partition coefficient (Wildman–Crippen LogP) is 2.86. The van der Waals surface area contributed by atoms with Gasteiger partial charge >= 0.3 is 6.03 Å². The van der Waals surface area contributed by atoms with E-state index >= 15 is 0 Å². The Bertz CT molecular complexity index is 516. The lowest BCUT2D eigenvalue weighted by Gasteiger charge is -2.13. The molecule has 1 heterocycles. The quantitative estimate of drug-likeness (QED) is 0.911. The van der Waals surface area contributed by atoms with Crippen LogP contribution in [-0.4, -0.2) is 23.3 Å². The second-order valence-corrected chi connectivity index (χ2v) is 4.73. The molecule has 7 heteroatoms. The maximum Gasteiger partial charge on any atom is 0.327 e. The van der Waals surface area contributed by atoms with Crippen molar-refractivity contribution in [3.8, 4) is 0 Å². The molecule has 0 radical (unpaired) electrons. The number of nitrogens with one attached hydrogen (secondary N) is 1. The molecule has 0 aliphatic carbocycles. The fourth-order valence-corrected chi connectivity index (χ4v) is 1.93. The zero-order valence-corrected chi connectivity index (χ0v) is 10.5. The third-order valence-corrected chi connectivity index (χ3v) is 3.10. The van der Waals surface area contributed by atoms with Crippen molar-refractivity contribution >= 4 is 39.8 Å². The van der Waals surface area contributed by atoms with Crippen LogP contribution in [0, 0.1) is 0 Å². The van der Waals surface area contributed by atoms with E-state index in [9.17, 15) is 4.79 Å². The topological polar surface area (TPSA) is 58.1 Å². The van der Waals surface area contributed by atoms with Gasteiger partial charge in [0.25, 0.3) is 0 Å². The summed E-state index contributed by atoms with van der Waals surface area (Å²) in [5, 5.41) is 10.6. The predicted molar refractivity (Wildman–Crippen MR) is 68.8 cm³/mol. The number of anilines is 2. The largest absolute Gasteiger partial charge is 0.327 e. The van der Waals surface area contributed by atoms with Gasteiger partial charge in [0, 0.05) is 12.7 Å². The molecule has 0 saturated heterocycles. The zero-order chi connectivity index (χ0) is 12.3. The van der Waals surface area contributed by atoms with Crippen molar-refractivity contribution in [1.29, 1.82) is 0 Å². The van der Waals surface area contributed by atoms with Gasteiger partial charge in [-0.1, -0.05) is 29.5 Å². The monoisotopic (exact) mass is 268 g/mol. The Kier molecular flexibility index (Phi) is 3.55. The maximum absolute atomic E-state index is 11.8. The normalized spacial score (nSPS) is 10.0. The van der Waals surface area contributed by atoms with Gasteiger partial charge in [0.2, 0.25) is 9.60 Å². The van der Waals surface area contributed by atoms with Crippen LogP contribution < -0.4 is 10.2 Å². The number of rotatable bonds is 2. The standard InChI is InChI=1S/C10H9ClN4OS/c1-15(10-14-13-8(11)17-10)9(16)12-7-5-3-2-4-6-7/h2-6H,1H3,(H,12,16). The molecular weight excluding hydrogens is 260 g/mol. The summed E-state index contributed by atoms with van der Waals surface area (Å²) >= 11 is 6.80. The maximum atomic E-state index is 11.8. The van der Waals surface area contributed by atoms with Gasteiger partial charge in [0.15, 0.2) is 0 Å². The van der Waals surface area contributed by atoms with Crippen LogP contribution in [0.5, 0.6) is 0 Å². The van der Waals surface area contributed by atoms with E-state index in [0.29, 0.717) is 9.60 Å². The molecule has 2 amide bonds. The highest BCUT2D eigenvalue weighted by Crippen LogP contribution is 2.23. The first-order chi connectivity index (χ1) is 8.16. The number of hydrogen-bond donors (Lipinski definition) is 1. The Morgan fingerprint density at radius 2 is 2.06 bits per heavy atom. The molecule has 0 spiro atoms. The highest BCUT2D eigenvalue weighted by molar-refractivity contribution is 7.19. The number of hydrogen-bond acceptors (Lipinski definition) is 4. The lowest BCUT2D eigenvalue weighted by atomic mass is 10.3. The van der Waals surface area contributed by atoms with E-state index in [-0.39, 0.29) is 6.03 Å². The highest BCUT2D eigenvalue weighted by Gasteiger charge is 2.15. The van der Waals surface area contributed by atoms with Gasteiger partial charge in [-0.3, -0.25) is 4.90 Å². The fraction of sp³-hybridized carbons (Fsp3) is 0.100. The first-order valence-electron chi connectivity index (χ1n) is 4.75. The molecule has 2 rings (SSSR count). The minimum Gasteiger partial charge on any atom is -0.307 e. The molecule has 0 atom stereocenters. The summed E-state index contributed by atoms with van der Waals surface area (Å²) < 4.78 is 0.305. The summed E-state index contributed by atoms with van der Waals surface area (Å²) in [6, 6.07) is 8.89. The van der Waals surface area contributed by atoms with Gasteiger partial charge in [0.1, 0.15) is 0 Å². The molecule has 0 saturated carbocycles. The number of carbonyl (C=O) groups excluding carboxylic acids is 1. The number of urea groups is 1. The molecule has 1 aromatic carbocycles. The number of nitrogens with zero attached hydrogens (tertiary/aromatic N) is 3. The van der Waals surface area contributed by atoms with Crippen molar-refractivity contribution < 1.29 is 4.79 Å². The third kappa shape index (κ3) is 2.92. The van der Waals surface area contributed by atoms with Gasteiger partial charge in [-0.05, 0) is 23.7 Å². The van der Waals surface area contributed by atoms with E-state index in [1.165, 1.54) is 4.90 Å². The molecular formula is C10H9ClN4OS. The van der Waals surface area contributed by atoms with E-state index in [1.54, 1.807) is 19.2 Å². The van der Waals surface area contributed by atoms with Gasteiger partial charge in [-0.15, -0.1) is 10.2 Å². The van der Waals surface area contributed by atoms with E-state index in [4.69, 9.17) is 11.6 Å². The average molecular weight is 269 g/mol. The lowest BCUT2D eigenvalue weighted by molar-refractivity contribution is 0.258. The Labute approximate surface area is 107 Å². The number of halogens is 1. The SMILES string of the molecule is CN(C(=O)Nc1ccccc1)c1nnc(Cl)s1. The van der Waals surface area contributed by atoms with Crippen molar-refractivity contribution in [3.63, 3.8) is 0 Å². The first-order valence-corrected chi connectivity index (χ1v) is 5.95. The molecule has 0 aliphatic heterocycles. The van der Waals surface area contributed by atoms with E-state index in [1.807, 2.05) is 18.2 Å². The number of amides is 2. The summed E-state index contributed by atoms with van der Waals surface area (Å²) in [5.41, 5.74) is 0.722. The van der Waals surface area contributed by atoms with Gasteiger partial charge < -0.3 is 5.32 Å². The summed E-state index contributed by atoms with van der Waals surface area (Å²) in [6.07, 6.45) is 0. The molecule has 5 nitrogen and oxygen atoms in total. The van der Waals surface area contributed by atoms with Gasteiger partial charge in [-0.2, -0.15) is 0 Å². The highest BCUT2D eigenvalue weighted by atomic mass is 35.5. The Hall–Kier alpha value is -1.66. The molecule has 88 valence electrons. The number of para-hydroxylation sites is 1. The summed E-state index contributed by atoms with van der Waals surface area (Å²) in [7, 11) is 1.61. The molecule has 0 unspecified atom stereocenters. The van der Waals surface area contributed by atoms with Crippen molar-refractivity contribution in [2.24, 2.45) is 0 Å². The molecule has 0 fully saturated rings. The first kappa shape index (κ1) is 11.8. The Morgan fingerprint density at radius 3 is 2.65 bits per heavy atom. The fourth-order valence-electron chi connectivity index (χ4n) is 1.15. The van der Waals surface area contributed by atoms with Gasteiger partial charge in [-0.25, -0.2) is 4.79 Å². The van der Waals surface area contributed by atoms with Crippen LogP contribution in [-0.2, 0) is 0 Å². The molecule has 1 aromatic heterocycles. The van der Waals surface area contributed by atoms with Crippen molar-refractivity contribution in [2.45, 2.75) is 0 Å². The molecule has 17 heavy (non-hydrogen) atoms. The Balaban J connectivity index is 2.06. The Morgan fingerprint density at radius 1 is 1.35 bits per heavy atom. The van der Waals surface area contributed by atoms with Crippen LogP contribution in [0.1, 0.15) is 0 Å². The number of carbonyl (C=O) groups is 1. The lowest BCUT2D eigenvalue weighted by Crippen LogP contribution is -2.31. The summed E-state index contributed by atoms with van der Waals surface area (Å²) in [4.78, 5) is 13.2. The van der Waals surface area contributed by atoms with E-state index < -0.39 is 0 Å². The van der Waals surface area contributed by atoms with Crippen LogP contribution in [0.3, 0.4) is 0 Å². The van der Waals surface area contributed by atoms with Crippen molar-refractivity contribution in [1.82, 2.24) is 10.2 Å². The van der Waals surface area contributed by atoms with Crippen LogP contribution >= 0.6 is 22.9 Å². The molecule has 0 bridgehead atoms. The number of benzene rings is 1. The number of aromatic nitrogens is 2. The van der Waals surface area contributed by atoms with Crippen molar-refractivity contribution in [2.75, 3.05) is 17.3 Å². The summed E-state index contributed by atoms with van der Waals surface area (Å²) in [6.45, 7) is 0. The summed E-state index contributed by atoms with van der Waals surface area (Å²) in [5.74, 6) is 0. The molecule has 0 aliphatic rings. The van der Waals surface area contributed by atoms with Crippen LogP contribution in [0.25, 0.3) is 0 Å². The average Bonchev–Trinajstić information content (AvgIpc) is 2.76. The van der Waals surface area contributed by atoms with Crippen LogP contribution in [0.2, 0.25) is 4.47 Å². The third-order valence-electron chi connectivity index (χ3n) is 2.01. The minimum atomic E-state index is -0.288. The van der Waals surface area contributed by atoms with Crippen molar-refractivity contribution in [3.05, 3.63) is 34.8 Å². The van der Waals surface area contributed by atoms with E-state index in [2.05, 4.69) is 15.5 Å². The second-order valence-electron chi connectivity index (χ2n) is 3.19. The second kappa shape index (κ2) is 5.11. The zero-order valence-electron chi connectivity index (χ0n) is 8.92. The van der Waals surface area contributed by atoms with E-state index in [0.717, 1.165) is 17.0 Å².